The minimum atomic E-state index is -0.156. The Bertz CT molecular complexity index is 405. The lowest BCUT2D eigenvalue weighted by atomic mass is 10.3. The van der Waals surface area contributed by atoms with Crippen LogP contribution < -0.4 is 16.0 Å². The Morgan fingerprint density at radius 3 is 3.17 bits per heavy atom. The molecule has 2 heterocycles. The molecule has 0 aromatic carbocycles. The average Bonchev–Trinajstić information content (AvgIpc) is 2.93. The van der Waals surface area contributed by atoms with E-state index in [-0.39, 0.29) is 11.9 Å². The molecule has 18 heavy (non-hydrogen) atoms. The van der Waals surface area contributed by atoms with Gasteiger partial charge in [-0.1, -0.05) is 12.2 Å². The third kappa shape index (κ3) is 3.85. The Labute approximate surface area is 107 Å². The average molecular weight is 246 g/mol. The quantitative estimate of drug-likeness (QED) is 0.506. The lowest BCUT2D eigenvalue weighted by Crippen LogP contribution is -2.41. The third-order valence-corrected chi connectivity index (χ3v) is 2.71. The standard InChI is InChI=1S/C13H18N4O/c18-13(12-5-2-7-16-12)17-9-3-8-15-11-4-1-6-14-10-11/h1-2,4-6,10,12,15-16H,3,7-9H2,(H,17,18). The molecular formula is C13H18N4O. The number of rotatable bonds is 6. The fraction of sp³-hybridized carbons (Fsp3) is 0.385. The van der Waals surface area contributed by atoms with Gasteiger partial charge in [0, 0.05) is 32.0 Å². The van der Waals surface area contributed by atoms with Crippen molar-refractivity contribution in [2.45, 2.75) is 12.5 Å². The lowest BCUT2D eigenvalue weighted by molar-refractivity contribution is -0.121. The van der Waals surface area contributed by atoms with Crippen LogP contribution >= 0.6 is 0 Å². The molecule has 1 amide bonds. The van der Waals surface area contributed by atoms with Crippen molar-refractivity contribution >= 4 is 11.6 Å². The maximum atomic E-state index is 11.6. The van der Waals surface area contributed by atoms with Crippen LogP contribution in [0.4, 0.5) is 5.69 Å². The molecule has 1 aromatic heterocycles. The van der Waals surface area contributed by atoms with Gasteiger partial charge in [0.1, 0.15) is 6.04 Å². The van der Waals surface area contributed by atoms with E-state index in [0.29, 0.717) is 6.54 Å². The Morgan fingerprint density at radius 2 is 2.44 bits per heavy atom. The van der Waals surface area contributed by atoms with Crippen molar-refractivity contribution in [2.24, 2.45) is 0 Å². The fourth-order valence-corrected chi connectivity index (χ4v) is 1.76. The van der Waals surface area contributed by atoms with E-state index in [1.807, 2.05) is 24.3 Å². The molecule has 1 aliphatic heterocycles. The topological polar surface area (TPSA) is 66.0 Å². The molecule has 0 bridgehead atoms. The van der Waals surface area contributed by atoms with Gasteiger partial charge >= 0.3 is 0 Å². The minimum Gasteiger partial charge on any atom is -0.384 e. The first kappa shape index (κ1) is 12.6. The number of aromatic nitrogens is 1. The maximum absolute atomic E-state index is 11.6. The van der Waals surface area contributed by atoms with E-state index in [1.54, 1.807) is 12.4 Å². The van der Waals surface area contributed by atoms with Gasteiger partial charge in [-0.2, -0.15) is 0 Å². The van der Waals surface area contributed by atoms with Crippen molar-refractivity contribution in [1.82, 2.24) is 15.6 Å². The number of anilines is 1. The predicted molar refractivity (Wildman–Crippen MR) is 71.3 cm³/mol. The first-order valence-corrected chi connectivity index (χ1v) is 6.18. The number of nitrogens with zero attached hydrogens (tertiary/aromatic N) is 1. The summed E-state index contributed by atoms with van der Waals surface area (Å²) in [6.07, 6.45) is 8.27. The summed E-state index contributed by atoms with van der Waals surface area (Å²) in [5.74, 6) is 0.0464. The van der Waals surface area contributed by atoms with Crippen LogP contribution in [0.3, 0.4) is 0 Å². The van der Waals surface area contributed by atoms with Gasteiger partial charge in [-0.3, -0.25) is 15.1 Å². The molecule has 1 aromatic rings. The van der Waals surface area contributed by atoms with Crippen LogP contribution in [0.15, 0.2) is 36.7 Å². The summed E-state index contributed by atoms with van der Waals surface area (Å²) < 4.78 is 0. The largest absolute Gasteiger partial charge is 0.384 e. The highest BCUT2D eigenvalue weighted by Gasteiger charge is 2.16. The smallest absolute Gasteiger partial charge is 0.241 e. The molecule has 1 unspecified atom stereocenters. The number of amides is 1. The Balaban J connectivity index is 1.56. The number of nitrogens with one attached hydrogen (secondary N) is 3. The molecule has 1 atom stereocenters. The van der Waals surface area contributed by atoms with Crippen LogP contribution in [0.2, 0.25) is 0 Å². The van der Waals surface area contributed by atoms with E-state index >= 15 is 0 Å². The zero-order valence-corrected chi connectivity index (χ0v) is 10.2. The number of pyridine rings is 1. The van der Waals surface area contributed by atoms with Crippen LogP contribution in [0.5, 0.6) is 0 Å². The van der Waals surface area contributed by atoms with Gasteiger partial charge in [0.2, 0.25) is 5.91 Å². The van der Waals surface area contributed by atoms with Gasteiger partial charge in [-0.25, -0.2) is 0 Å². The normalized spacial score (nSPS) is 17.7. The lowest BCUT2D eigenvalue weighted by Gasteiger charge is -2.10. The van der Waals surface area contributed by atoms with Crippen molar-refractivity contribution in [3.05, 3.63) is 36.7 Å². The van der Waals surface area contributed by atoms with Crippen molar-refractivity contribution in [1.29, 1.82) is 0 Å². The second-order valence-corrected chi connectivity index (χ2v) is 4.13. The molecule has 0 fully saturated rings. The van der Waals surface area contributed by atoms with Crippen molar-refractivity contribution < 1.29 is 4.79 Å². The van der Waals surface area contributed by atoms with E-state index in [2.05, 4.69) is 20.9 Å². The SMILES string of the molecule is O=C(NCCCNc1cccnc1)C1C=CCN1. The van der Waals surface area contributed by atoms with E-state index in [1.165, 1.54) is 0 Å². The van der Waals surface area contributed by atoms with Crippen molar-refractivity contribution in [2.75, 3.05) is 25.0 Å². The number of carbonyl (C=O) groups excluding carboxylic acids is 1. The molecule has 5 heteroatoms. The van der Waals surface area contributed by atoms with Crippen LogP contribution in [-0.4, -0.2) is 36.6 Å². The minimum absolute atomic E-state index is 0.0464. The summed E-state index contributed by atoms with van der Waals surface area (Å²) in [5, 5.41) is 9.22. The van der Waals surface area contributed by atoms with Crippen LogP contribution in [0, 0.1) is 0 Å². The van der Waals surface area contributed by atoms with Crippen molar-refractivity contribution in [3.63, 3.8) is 0 Å². The van der Waals surface area contributed by atoms with E-state index in [4.69, 9.17) is 0 Å². The van der Waals surface area contributed by atoms with Crippen LogP contribution in [-0.2, 0) is 4.79 Å². The van der Waals surface area contributed by atoms with E-state index in [9.17, 15) is 4.79 Å². The third-order valence-electron chi connectivity index (χ3n) is 2.71. The maximum Gasteiger partial charge on any atom is 0.241 e. The van der Waals surface area contributed by atoms with Crippen LogP contribution in [0.1, 0.15) is 6.42 Å². The van der Waals surface area contributed by atoms with Crippen LogP contribution in [0.25, 0.3) is 0 Å². The molecule has 1 aliphatic rings. The number of carbonyl (C=O) groups is 1. The monoisotopic (exact) mass is 246 g/mol. The number of hydrogen-bond donors (Lipinski definition) is 3. The second kappa shape index (κ2) is 6.76. The van der Waals surface area contributed by atoms with Gasteiger partial charge in [0.25, 0.3) is 0 Å². The van der Waals surface area contributed by atoms with E-state index in [0.717, 1.165) is 25.2 Å². The summed E-state index contributed by atoms with van der Waals surface area (Å²) in [6, 6.07) is 3.71. The fourth-order valence-electron chi connectivity index (χ4n) is 1.76. The Morgan fingerprint density at radius 1 is 1.50 bits per heavy atom. The predicted octanol–water partition coefficient (Wildman–Crippen LogP) is 0.528. The summed E-state index contributed by atoms with van der Waals surface area (Å²) in [7, 11) is 0. The van der Waals surface area contributed by atoms with Gasteiger partial charge in [0.15, 0.2) is 0 Å². The van der Waals surface area contributed by atoms with Gasteiger partial charge < -0.3 is 10.6 Å². The first-order chi connectivity index (χ1) is 8.86. The van der Waals surface area contributed by atoms with Gasteiger partial charge in [0.05, 0.1) is 5.69 Å². The highest BCUT2D eigenvalue weighted by molar-refractivity contribution is 5.84. The van der Waals surface area contributed by atoms with Gasteiger partial charge in [-0.15, -0.1) is 0 Å². The summed E-state index contributed by atoms with van der Waals surface area (Å²) in [6.45, 7) is 2.28. The number of hydrogen-bond acceptors (Lipinski definition) is 4. The molecule has 0 saturated carbocycles. The molecule has 0 saturated heterocycles. The molecular weight excluding hydrogens is 228 g/mol. The molecule has 0 spiro atoms. The zero-order valence-electron chi connectivity index (χ0n) is 10.2. The summed E-state index contributed by atoms with van der Waals surface area (Å²) in [5.41, 5.74) is 1.00. The Kier molecular flexibility index (Phi) is 4.72. The first-order valence-electron chi connectivity index (χ1n) is 6.18. The summed E-state index contributed by atoms with van der Waals surface area (Å²) >= 11 is 0. The molecule has 5 nitrogen and oxygen atoms in total. The molecule has 3 N–H and O–H groups in total. The van der Waals surface area contributed by atoms with Gasteiger partial charge in [-0.05, 0) is 18.6 Å². The molecule has 0 aliphatic carbocycles. The molecule has 2 rings (SSSR count). The second-order valence-electron chi connectivity index (χ2n) is 4.13. The van der Waals surface area contributed by atoms with Crippen molar-refractivity contribution in [3.8, 4) is 0 Å². The summed E-state index contributed by atoms with van der Waals surface area (Å²) in [4.78, 5) is 15.6. The highest BCUT2D eigenvalue weighted by atomic mass is 16.2. The highest BCUT2D eigenvalue weighted by Crippen LogP contribution is 2.01. The van der Waals surface area contributed by atoms with E-state index < -0.39 is 0 Å². The molecule has 0 radical (unpaired) electrons. The Hall–Kier alpha value is -1.88. The zero-order chi connectivity index (χ0) is 12.6. The molecule has 96 valence electrons.